The van der Waals surface area contributed by atoms with E-state index in [4.69, 9.17) is 5.73 Å². The highest BCUT2D eigenvalue weighted by Gasteiger charge is 2.47. The molecule has 0 saturated heterocycles. The van der Waals surface area contributed by atoms with Gasteiger partial charge in [0.05, 0.1) is 5.69 Å². The van der Waals surface area contributed by atoms with Crippen LogP contribution in [0.25, 0.3) is 17.0 Å². The second kappa shape index (κ2) is 9.65. The molecule has 1 aromatic heterocycles. The molecule has 0 fully saturated rings. The third-order valence-electron chi connectivity index (χ3n) is 5.61. The lowest BCUT2D eigenvalue weighted by Crippen LogP contribution is -2.41. The highest BCUT2D eigenvalue weighted by Crippen LogP contribution is 2.40. The van der Waals surface area contributed by atoms with E-state index >= 15 is 0 Å². The molecule has 0 aliphatic carbocycles. The van der Waals surface area contributed by atoms with E-state index in [2.05, 4.69) is 15.1 Å². The lowest BCUT2D eigenvalue weighted by molar-refractivity contribution is -0.0854. The molecule has 0 amide bonds. The first kappa shape index (κ1) is 25.2. The molecule has 4 rings (SSSR count). The van der Waals surface area contributed by atoms with Crippen molar-refractivity contribution in [3.8, 4) is 17.5 Å². The van der Waals surface area contributed by atoms with Crippen molar-refractivity contribution in [1.82, 2.24) is 14.8 Å². The molecule has 2 heterocycles. The van der Waals surface area contributed by atoms with Crippen molar-refractivity contribution in [2.75, 3.05) is 18.5 Å². The molecule has 0 bridgehead atoms. The van der Waals surface area contributed by atoms with Gasteiger partial charge in [0.25, 0.3) is 0 Å². The average Bonchev–Trinajstić information content (AvgIpc) is 3.38. The fraction of sp³-hybridized carbons (Fsp3) is 0.217. The number of hydrogen-bond acceptors (Lipinski definition) is 7. The second-order valence-corrected chi connectivity index (χ2v) is 8.98. The van der Waals surface area contributed by atoms with Crippen LogP contribution in [0.1, 0.15) is 11.4 Å². The van der Waals surface area contributed by atoms with Crippen LogP contribution in [0.15, 0.2) is 59.1 Å². The van der Waals surface area contributed by atoms with Crippen molar-refractivity contribution in [3.05, 3.63) is 65.5 Å². The van der Waals surface area contributed by atoms with Crippen molar-refractivity contribution < 1.29 is 21.9 Å². The molecule has 3 aromatic rings. The summed E-state index contributed by atoms with van der Waals surface area (Å²) < 4.78 is 64.1. The van der Waals surface area contributed by atoms with Crippen molar-refractivity contribution in [3.63, 3.8) is 0 Å². The number of likely N-dealkylation sites (N-methyl/N-ethyl adjacent to an activating group) is 1. The molecule has 1 aliphatic rings. The van der Waals surface area contributed by atoms with Gasteiger partial charge >= 0.3 is 6.18 Å². The number of allylic oxidation sites excluding steroid dienone is 2. The number of hydrogen-bond donors (Lipinski definition) is 2. The molecule has 1 aliphatic heterocycles. The summed E-state index contributed by atoms with van der Waals surface area (Å²) in [5.74, 6) is -0.650. The van der Waals surface area contributed by atoms with Crippen molar-refractivity contribution in [1.29, 1.82) is 5.26 Å². The van der Waals surface area contributed by atoms with Gasteiger partial charge in [0, 0.05) is 24.8 Å². The zero-order valence-corrected chi connectivity index (χ0v) is 19.9. The van der Waals surface area contributed by atoms with Gasteiger partial charge in [-0.2, -0.15) is 23.1 Å². The Morgan fingerprint density at radius 1 is 1.28 bits per heavy atom. The Morgan fingerprint density at radius 3 is 2.53 bits per heavy atom. The normalized spacial score (nSPS) is 16.1. The number of aliphatic imine (C=N–C) groups is 1. The first-order valence-electron chi connectivity index (χ1n) is 10.5. The summed E-state index contributed by atoms with van der Waals surface area (Å²) in [6.45, 7) is 1.55. The summed E-state index contributed by atoms with van der Waals surface area (Å²) in [5.41, 5.74) is 5.48. The zero-order valence-electron chi connectivity index (χ0n) is 19.1. The smallest absolute Gasteiger partial charge is 0.357 e. The largest absolute Gasteiger partial charge is 0.421 e. The van der Waals surface area contributed by atoms with Crippen molar-refractivity contribution in [2.24, 2.45) is 10.7 Å². The number of nitriles is 1. The van der Waals surface area contributed by atoms with E-state index in [-0.39, 0.29) is 23.9 Å². The van der Waals surface area contributed by atoms with Crippen LogP contribution in [0.4, 0.5) is 24.5 Å². The number of benzene rings is 2. The van der Waals surface area contributed by atoms with E-state index in [1.54, 1.807) is 62.5 Å². The summed E-state index contributed by atoms with van der Waals surface area (Å²) in [6.07, 6.45) is -4.88. The highest BCUT2D eigenvalue weighted by molar-refractivity contribution is 7.80. The topological polar surface area (TPSA) is 133 Å². The molecule has 9 nitrogen and oxygen atoms in total. The first-order valence-corrected chi connectivity index (χ1v) is 11.7. The molecule has 3 N–H and O–H groups in total. The maximum absolute atomic E-state index is 14.1. The van der Waals surface area contributed by atoms with Crippen LogP contribution < -0.4 is 10.6 Å². The van der Waals surface area contributed by atoms with Crippen molar-refractivity contribution in [2.45, 2.75) is 18.5 Å². The van der Waals surface area contributed by atoms with Gasteiger partial charge < -0.3 is 15.2 Å². The molecule has 2 unspecified atom stereocenters. The van der Waals surface area contributed by atoms with Crippen LogP contribution in [-0.4, -0.2) is 54.5 Å². The summed E-state index contributed by atoms with van der Waals surface area (Å²) in [4.78, 5) is 9.95. The molecule has 0 saturated carbocycles. The molecular formula is C23H20F3N7O2S. The Morgan fingerprint density at radius 2 is 1.97 bits per heavy atom. The lowest BCUT2D eigenvalue weighted by Gasteiger charge is -2.26. The van der Waals surface area contributed by atoms with E-state index in [1.165, 1.54) is 11.0 Å². The Kier molecular flexibility index (Phi) is 6.77. The van der Waals surface area contributed by atoms with Gasteiger partial charge in [-0.15, -0.1) is 5.10 Å². The van der Waals surface area contributed by atoms with Crippen molar-refractivity contribution >= 4 is 33.9 Å². The van der Waals surface area contributed by atoms with Gasteiger partial charge in [0.1, 0.15) is 22.6 Å². The number of aromatic nitrogens is 3. The van der Waals surface area contributed by atoms with Gasteiger partial charge in [0.15, 0.2) is 28.6 Å². The first-order chi connectivity index (χ1) is 17.1. The van der Waals surface area contributed by atoms with E-state index in [1.807, 2.05) is 0 Å². The Balaban J connectivity index is 1.84. The number of fused-ring (bicyclic) bond motifs is 1. The number of aryl methyl sites for hydroxylation is 1. The number of nitrogens with two attached hydrogens (primary N) is 1. The van der Waals surface area contributed by atoms with Gasteiger partial charge in [0.2, 0.25) is 0 Å². The second-order valence-electron chi connectivity index (χ2n) is 7.88. The summed E-state index contributed by atoms with van der Waals surface area (Å²) in [6, 6.07) is 14.9. The van der Waals surface area contributed by atoms with Gasteiger partial charge in [-0.1, -0.05) is 30.3 Å². The molecule has 13 heteroatoms. The monoisotopic (exact) mass is 515 g/mol. The molecule has 2 aromatic carbocycles. The molecule has 0 spiro atoms. The standard InChI is InChI=1S/C23H20F3N7O2S/c1-13-10-15(32(2)18(12-28)36(34)35)8-9-17(13)29-22-19(23(24,25)26)16(11-27)21-30-20(31-33(21)22)14-6-4-3-5-7-14/h3-10,18H,12,28H2,1-2H3,(H,34,35). The van der Waals surface area contributed by atoms with E-state index in [0.29, 0.717) is 16.8 Å². The molecule has 2 atom stereocenters. The van der Waals surface area contributed by atoms with Crippen LogP contribution >= 0.6 is 0 Å². The van der Waals surface area contributed by atoms with Gasteiger partial charge in [-0.05, 0) is 30.7 Å². The predicted molar refractivity (Wildman–Crippen MR) is 130 cm³/mol. The maximum Gasteiger partial charge on any atom is 0.421 e. The molecule has 0 radical (unpaired) electrons. The third kappa shape index (κ3) is 4.53. The SMILES string of the molecule is Cc1cc(N(C)C(CN)S(=O)O)ccc1N=C1C(C(F)(F)F)=C(C#N)c2nc(-c3ccccc3)nn21. The summed E-state index contributed by atoms with van der Waals surface area (Å²) in [7, 11) is 1.58. The van der Waals surface area contributed by atoms with E-state index < -0.39 is 39.6 Å². The number of anilines is 1. The number of nitrogens with zero attached hydrogens (tertiary/aromatic N) is 6. The zero-order chi connectivity index (χ0) is 26.2. The molecule has 36 heavy (non-hydrogen) atoms. The fourth-order valence-corrected chi connectivity index (χ4v) is 4.34. The number of alkyl halides is 3. The van der Waals surface area contributed by atoms with E-state index in [0.717, 1.165) is 4.68 Å². The fourth-order valence-electron chi connectivity index (χ4n) is 3.78. The highest BCUT2D eigenvalue weighted by atomic mass is 32.2. The summed E-state index contributed by atoms with van der Waals surface area (Å²) >= 11 is -2.21. The van der Waals surface area contributed by atoms with Crippen LogP contribution in [-0.2, 0) is 11.1 Å². The van der Waals surface area contributed by atoms with Gasteiger partial charge in [-0.3, -0.25) is 0 Å². The Bertz CT molecular complexity index is 1440. The summed E-state index contributed by atoms with van der Waals surface area (Å²) in [5, 5.41) is 12.9. The molecular weight excluding hydrogens is 495 g/mol. The maximum atomic E-state index is 14.1. The number of halogens is 3. The van der Waals surface area contributed by atoms with Gasteiger partial charge in [-0.25, -0.2) is 14.2 Å². The Hall–Kier alpha value is -3.86. The van der Waals surface area contributed by atoms with Crippen LogP contribution in [0.2, 0.25) is 0 Å². The minimum atomic E-state index is -4.88. The lowest BCUT2D eigenvalue weighted by atomic mass is 10.1. The van der Waals surface area contributed by atoms with E-state index in [9.17, 15) is 27.2 Å². The molecule has 186 valence electrons. The third-order valence-corrected chi connectivity index (χ3v) is 6.59. The van der Waals surface area contributed by atoms with Crippen LogP contribution in [0.3, 0.4) is 0 Å². The minimum absolute atomic E-state index is 0.0851. The minimum Gasteiger partial charge on any atom is -0.357 e. The number of rotatable bonds is 6. The van der Waals surface area contributed by atoms with Crippen LogP contribution in [0.5, 0.6) is 0 Å². The van der Waals surface area contributed by atoms with Crippen LogP contribution in [0, 0.1) is 18.3 Å². The average molecular weight is 516 g/mol. The predicted octanol–water partition coefficient (Wildman–Crippen LogP) is 3.63. The Labute approximate surface area is 206 Å². The quantitative estimate of drug-likeness (QED) is 0.479.